The molecule has 0 unspecified atom stereocenters. The minimum Gasteiger partial charge on any atom is -0.497 e. The van der Waals surface area contributed by atoms with Gasteiger partial charge in [-0.05, 0) is 72.9 Å². The van der Waals surface area contributed by atoms with Crippen molar-refractivity contribution >= 4 is 23.3 Å². The highest BCUT2D eigenvalue weighted by molar-refractivity contribution is 5.95. The Bertz CT molecular complexity index is 1150. The molecule has 0 radical (unpaired) electrons. The topological polar surface area (TPSA) is 87.7 Å². The Morgan fingerprint density at radius 1 is 0.971 bits per heavy atom. The summed E-state index contributed by atoms with van der Waals surface area (Å²) in [4.78, 5) is 29.4. The molecule has 1 N–H and O–H groups in total. The van der Waals surface area contributed by atoms with Crippen LogP contribution < -0.4 is 15.0 Å². The fraction of sp³-hybridized carbons (Fsp3) is 0.333. The molecule has 0 atom stereocenters. The second-order valence-corrected chi connectivity index (χ2v) is 9.09. The lowest BCUT2D eigenvalue weighted by atomic mass is 9.89. The Labute approximate surface area is 204 Å². The third kappa shape index (κ3) is 5.11. The van der Waals surface area contributed by atoms with Crippen molar-refractivity contribution in [1.82, 2.24) is 15.1 Å². The first kappa shape index (κ1) is 22.8. The highest BCUT2D eigenvalue weighted by Gasteiger charge is 2.33. The standard InChI is InChI=1S/C27H29N5O3/c1-35-24-10-6-21(7-11-24)27(34)31-15-12-20(13-16-31)19-4-8-23(9-5-19)29-26(33)22-17-32(18-22)25-3-2-14-28-30-25/h2-11,14,20,22H,12-13,15-18H2,1H3,(H,29,33). The molecule has 1 aromatic heterocycles. The van der Waals surface area contributed by atoms with Crippen LogP contribution in [-0.4, -0.2) is 60.2 Å². The molecule has 35 heavy (non-hydrogen) atoms. The Kier molecular flexibility index (Phi) is 6.61. The fourth-order valence-corrected chi connectivity index (χ4v) is 4.71. The van der Waals surface area contributed by atoms with E-state index in [9.17, 15) is 9.59 Å². The number of ether oxygens (including phenoxy) is 1. The Hall–Kier alpha value is -3.94. The molecule has 0 spiro atoms. The molecule has 2 amide bonds. The number of methoxy groups -OCH3 is 1. The summed E-state index contributed by atoms with van der Waals surface area (Å²) in [6, 6.07) is 19.1. The summed E-state index contributed by atoms with van der Waals surface area (Å²) in [7, 11) is 1.62. The van der Waals surface area contributed by atoms with E-state index in [0.717, 1.165) is 43.2 Å². The zero-order chi connectivity index (χ0) is 24.2. The summed E-state index contributed by atoms with van der Waals surface area (Å²) >= 11 is 0. The maximum absolute atomic E-state index is 12.8. The predicted molar refractivity (Wildman–Crippen MR) is 134 cm³/mol. The van der Waals surface area contributed by atoms with Crippen molar-refractivity contribution in [1.29, 1.82) is 0 Å². The summed E-state index contributed by atoms with van der Waals surface area (Å²) in [5.74, 6) is 2.01. The second-order valence-electron chi connectivity index (χ2n) is 9.09. The molecule has 3 heterocycles. The molecule has 2 aliphatic heterocycles. The number of aromatic nitrogens is 2. The zero-order valence-corrected chi connectivity index (χ0v) is 19.8. The third-order valence-electron chi connectivity index (χ3n) is 6.90. The minimum atomic E-state index is -0.0516. The van der Waals surface area contributed by atoms with Crippen LogP contribution in [0.2, 0.25) is 0 Å². The van der Waals surface area contributed by atoms with Crippen molar-refractivity contribution in [2.45, 2.75) is 18.8 Å². The van der Waals surface area contributed by atoms with Gasteiger partial charge in [0.1, 0.15) is 5.75 Å². The predicted octanol–water partition coefficient (Wildman–Crippen LogP) is 3.58. The number of likely N-dealkylation sites (tertiary alicyclic amines) is 1. The van der Waals surface area contributed by atoms with Gasteiger partial charge in [-0.15, -0.1) is 5.10 Å². The molecule has 2 saturated heterocycles. The lowest BCUT2D eigenvalue weighted by molar-refractivity contribution is -0.120. The molecule has 8 heteroatoms. The van der Waals surface area contributed by atoms with E-state index in [1.807, 2.05) is 58.3 Å². The fourth-order valence-electron chi connectivity index (χ4n) is 4.71. The number of anilines is 2. The molecule has 0 bridgehead atoms. The summed E-state index contributed by atoms with van der Waals surface area (Å²) in [6.45, 7) is 2.77. The summed E-state index contributed by atoms with van der Waals surface area (Å²) in [5.41, 5.74) is 2.75. The number of rotatable bonds is 6. The molecule has 5 rings (SSSR count). The van der Waals surface area contributed by atoms with Crippen LogP contribution >= 0.6 is 0 Å². The van der Waals surface area contributed by atoms with Crippen LogP contribution in [0.25, 0.3) is 0 Å². The SMILES string of the molecule is COc1ccc(C(=O)N2CCC(c3ccc(NC(=O)C4CN(c5cccnn5)C4)cc3)CC2)cc1. The van der Waals surface area contributed by atoms with Crippen LogP contribution in [0.15, 0.2) is 66.9 Å². The quantitative estimate of drug-likeness (QED) is 0.591. The van der Waals surface area contributed by atoms with Crippen molar-refractivity contribution in [2.75, 3.05) is 43.5 Å². The molecule has 180 valence electrons. The second kappa shape index (κ2) is 10.1. The Morgan fingerprint density at radius 3 is 2.31 bits per heavy atom. The molecule has 8 nitrogen and oxygen atoms in total. The van der Waals surface area contributed by atoms with Crippen molar-refractivity contribution < 1.29 is 14.3 Å². The van der Waals surface area contributed by atoms with Crippen molar-refractivity contribution in [2.24, 2.45) is 5.92 Å². The van der Waals surface area contributed by atoms with Crippen LogP contribution in [0, 0.1) is 5.92 Å². The largest absolute Gasteiger partial charge is 0.497 e. The number of carbonyl (C=O) groups is 2. The normalized spacial score (nSPS) is 16.5. The van der Waals surface area contributed by atoms with Crippen molar-refractivity contribution in [3.05, 3.63) is 78.0 Å². The average Bonchev–Trinajstić information content (AvgIpc) is 2.89. The molecule has 3 aromatic rings. The van der Waals surface area contributed by atoms with E-state index in [1.165, 1.54) is 5.56 Å². The lowest BCUT2D eigenvalue weighted by Crippen LogP contribution is -2.52. The van der Waals surface area contributed by atoms with E-state index in [1.54, 1.807) is 13.3 Å². The number of benzene rings is 2. The van der Waals surface area contributed by atoms with Crippen LogP contribution in [0.1, 0.15) is 34.7 Å². The van der Waals surface area contributed by atoms with Gasteiger partial charge in [-0.25, -0.2) is 0 Å². The Morgan fingerprint density at radius 2 is 1.69 bits per heavy atom. The van der Waals surface area contributed by atoms with Gasteiger partial charge in [-0.3, -0.25) is 9.59 Å². The minimum absolute atomic E-state index is 0.0308. The summed E-state index contributed by atoms with van der Waals surface area (Å²) in [6.07, 6.45) is 3.49. The van der Waals surface area contributed by atoms with Gasteiger partial charge in [0.15, 0.2) is 5.82 Å². The molecular formula is C27H29N5O3. The van der Waals surface area contributed by atoms with Gasteiger partial charge in [0, 0.05) is 43.6 Å². The number of nitrogens with one attached hydrogen (secondary N) is 1. The first-order valence-corrected chi connectivity index (χ1v) is 12.0. The first-order valence-electron chi connectivity index (χ1n) is 12.0. The smallest absolute Gasteiger partial charge is 0.253 e. The number of hydrogen-bond donors (Lipinski definition) is 1. The molecule has 2 fully saturated rings. The summed E-state index contributed by atoms with van der Waals surface area (Å²) < 4.78 is 5.17. The summed E-state index contributed by atoms with van der Waals surface area (Å²) in [5, 5.41) is 11.0. The Balaban J connectivity index is 1.09. The van der Waals surface area contributed by atoms with E-state index in [0.29, 0.717) is 24.6 Å². The maximum atomic E-state index is 12.8. The average molecular weight is 472 g/mol. The molecule has 0 saturated carbocycles. The van der Waals surface area contributed by atoms with Crippen LogP contribution in [0.3, 0.4) is 0 Å². The van der Waals surface area contributed by atoms with E-state index in [2.05, 4.69) is 27.6 Å². The lowest BCUT2D eigenvalue weighted by Gasteiger charge is -2.38. The van der Waals surface area contributed by atoms with Crippen molar-refractivity contribution in [3.8, 4) is 5.75 Å². The number of carbonyl (C=O) groups excluding carboxylic acids is 2. The van der Waals surface area contributed by atoms with Crippen LogP contribution in [0.5, 0.6) is 5.75 Å². The molecular weight excluding hydrogens is 442 g/mol. The maximum Gasteiger partial charge on any atom is 0.253 e. The van der Waals surface area contributed by atoms with Gasteiger partial charge in [0.05, 0.1) is 13.0 Å². The third-order valence-corrected chi connectivity index (χ3v) is 6.90. The van der Waals surface area contributed by atoms with Gasteiger partial charge >= 0.3 is 0 Å². The number of hydrogen-bond acceptors (Lipinski definition) is 6. The molecule has 2 aliphatic rings. The van der Waals surface area contributed by atoms with Crippen LogP contribution in [0.4, 0.5) is 11.5 Å². The van der Waals surface area contributed by atoms with E-state index >= 15 is 0 Å². The van der Waals surface area contributed by atoms with Crippen LogP contribution in [-0.2, 0) is 4.79 Å². The number of nitrogens with zero attached hydrogens (tertiary/aromatic N) is 4. The first-order chi connectivity index (χ1) is 17.1. The molecule has 0 aliphatic carbocycles. The van der Waals surface area contributed by atoms with Gasteiger partial charge in [0.2, 0.25) is 5.91 Å². The highest BCUT2D eigenvalue weighted by atomic mass is 16.5. The number of amides is 2. The van der Waals surface area contributed by atoms with Crippen molar-refractivity contribution in [3.63, 3.8) is 0 Å². The van der Waals surface area contributed by atoms with Gasteiger partial charge in [-0.1, -0.05) is 12.1 Å². The van der Waals surface area contributed by atoms with Gasteiger partial charge < -0.3 is 19.9 Å². The highest BCUT2D eigenvalue weighted by Crippen LogP contribution is 2.30. The monoisotopic (exact) mass is 471 g/mol. The van der Waals surface area contributed by atoms with E-state index in [-0.39, 0.29) is 17.7 Å². The van der Waals surface area contributed by atoms with E-state index < -0.39 is 0 Å². The van der Waals surface area contributed by atoms with E-state index in [4.69, 9.17) is 4.74 Å². The number of piperidine rings is 1. The van der Waals surface area contributed by atoms with Gasteiger partial charge in [-0.2, -0.15) is 5.10 Å². The molecule has 2 aromatic carbocycles. The van der Waals surface area contributed by atoms with Gasteiger partial charge in [0.25, 0.3) is 5.91 Å². The zero-order valence-electron chi connectivity index (χ0n) is 19.8.